The van der Waals surface area contributed by atoms with Gasteiger partial charge in [0.05, 0.1) is 11.5 Å². The number of likely N-dealkylation sites (N-methyl/N-ethyl adjacent to an activating group) is 1. The number of carbonyl (C=O) groups excluding carboxylic acids is 2. The van der Waals surface area contributed by atoms with Crippen LogP contribution in [0.3, 0.4) is 0 Å². The van der Waals surface area contributed by atoms with Gasteiger partial charge in [-0.15, -0.1) is 0 Å². The molecule has 1 aromatic rings. The van der Waals surface area contributed by atoms with Crippen molar-refractivity contribution < 1.29 is 9.59 Å². The molecule has 2 amide bonds. The molecule has 4 heteroatoms. The van der Waals surface area contributed by atoms with Crippen molar-refractivity contribution in [2.24, 2.45) is 0 Å². The maximum absolute atomic E-state index is 13.3. The number of hydrogen-bond acceptors (Lipinski definition) is 3. The molecule has 1 fully saturated rings. The first-order valence-corrected chi connectivity index (χ1v) is 8.59. The summed E-state index contributed by atoms with van der Waals surface area (Å²) < 4.78 is 0. The molecule has 0 N–H and O–H groups in total. The van der Waals surface area contributed by atoms with Crippen LogP contribution >= 0.6 is 0 Å². The zero-order valence-corrected chi connectivity index (χ0v) is 14.3. The Labute approximate surface area is 138 Å². The molecule has 124 valence electrons. The summed E-state index contributed by atoms with van der Waals surface area (Å²) >= 11 is 0. The SMILES string of the molecule is CC[C@H](CN(C)C)N1C(=O)C[C@]2(CCCc3ccccc32)C1=O. The predicted octanol–water partition coefficient (Wildman–Crippen LogP) is 2.36. The van der Waals surface area contributed by atoms with E-state index in [2.05, 4.69) is 24.0 Å². The first-order chi connectivity index (χ1) is 11.0. The van der Waals surface area contributed by atoms with E-state index in [1.165, 1.54) is 5.56 Å². The van der Waals surface area contributed by atoms with Crippen molar-refractivity contribution in [3.05, 3.63) is 35.4 Å². The van der Waals surface area contributed by atoms with Gasteiger partial charge >= 0.3 is 0 Å². The number of nitrogens with zero attached hydrogens (tertiary/aromatic N) is 2. The van der Waals surface area contributed by atoms with Crippen LogP contribution in [0.5, 0.6) is 0 Å². The quantitative estimate of drug-likeness (QED) is 0.801. The van der Waals surface area contributed by atoms with Crippen molar-refractivity contribution in [3.63, 3.8) is 0 Å². The van der Waals surface area contributed by atoms with Crippen LogP contribution in [-0.4, -0.2) is 48.3 Å². The number of amides is 2. The molecule has 2 aliphatic rings. The maximum atomic E-state index is 13.3. The Bertz CT molecular complexity index is 626. The lowest BCUT2D eigenvalue weighted by Crippen LogP contribution is -2.48. The van der Waals surface area contributed by atoms with Crippen LogP contribution in [0.25, 0.3) is 0 Å². The monoisotopic (exact) mass is 314 g/mol. The van der Waals surface area contributed by atoms with E-state index in [0.29, 0.717) is 6.42 Å². The second-order valence-corrected chi connectivity index (χ2v) is 7.16. The van der Waals surface area contributed by atoms with Crippen LogP contribution in [0.15, 0.2) is 24.3 Å². The van der Waals surface area contributed by atoms with E-state index in [1.54, 1.807) is 4.90 Å². The molecule has 3 rings (SSSR count). The third kappa shape index (κ3) is 2.59. The summed E-state index contributed by atoms with van der Waals surface area (Å²) in [5, 5.41) is 0. The third-order valence-electron chi connectivity index (χ3n) is 5.34. The fourth-order valence-electron chi connectivity index (χ4n) is 4.27. The van der Waals surface area contributed by atoms with Crippen molar-refractivity contribution in [1.82, 2.24) is 9.80 Å². The molecule has 0 aromatic heterocycles. The van der Waals surface area contributed by atoms with Crippen LogP contribution in [-0.2, 0) is 21.4 Å². The van der Waals surface area contributed by atoms with Crippen molar-refractivity contribution in [2.45, 2.75) is 50.5 Å². The number of aryl methyl sites for hydroxylation is 1. The molecule has 1 aliphatic heterocycles. The smallest absolute Gasteiger partial charge is 0.240 e. The van der Waals surface area contributed by atoms with Crippen LogP contribution in [0.1, 0.15) is 43.7 Å². The fourth-order valence-corrected chi connectivity index (χ4v) is 4.27. The van der Waals surface area contributed by atoms with Gasteiger partial charge in [-0.05, 0) is 50.9 Å². The molecule has 1 heterocycles. The molecule has 1 aromatic carbocycles. The zero-order chi connectivity index (χ0) is 16.6. The summed E-state index contributed by atoms with van der Waals surface area (Å²) in [6.45, 7) is 2.78. The number of hydrogen-bond donors (Lipinski definition) is 0. The van der Waals surface area contributed by atoms with Crippen LogP contribution in [0.4, 0.5) is 0 Å². The minimum Gasteiger partial charge on any atom is -0.307 e. The summed E-state index contributed by atoms with van der Waals surface area (Å²) in [7, 11) is 3.97. The van der Waals surface area contributed by atoms with Crippen molar-refractivity contribution in [3.8, 4) is 0 Å². The standard InChI is InChI=1S/C19H26N2O2/c1-4-15(13-20(2)3)21-17(22)12-19(18(21)23)11-7-9-14-8-5-6-10-16(14)19/h5-6,8,10,15H,4,7,9,11-13H2,1-3H3/t15-,19+/m1/s1. The molecule has 1 aliphatic carbocycles. The topological polar surface area (TPSA) is 40.6 Å². The molecule has 0 saturated carbocycles. The Balaban J connectivity index is 1.99. The Morgan fingerprint density at radius 2 is 2.00 bits per heavy atom. The maximum Gasteiger partial charge on any atom is 0.240 e. The largest absolute Gasteiger partial charge is 0.307 e. The summed E-state index contributed by atoms with van der Waals surface area (Å²) in [5.41, 5.74) is 1.72. The lowest BCUT2D eigenvalue weighted by atomic mass is 9.69. The van der Waals surface area contributed by atoms with E-state index in [1.807, 2.05) is 26.2 Å². The summed E-state index contributed by atoms with van der Waals surface area (Å²) in [6, 6.07) is 8.14. The Morgan fingerprint density at radius 3 is 2.70 bits per heavy atom. The molecule has 1 spiro atoms. The number of carbonyl (C=O) groups is 2. The zero-order valence-electron chi connectivity index (χ0n) is 14.3. The van der Waals surface area contributed by atoms with Crippen LogP contribution < -0.4 is 0 Å². The lowest BCUT2D eigenvalue weighted by molar-refractivity contribution is -0.143. The van der Waals surface area contributed by atoms with Gasteiger partial charge in [0.2, 0.25) is 11.8 Å². The molecule has 2 atom stereocenters. The van der Waals surface area contributed by atoms with Crippen molar-refractivity contribution >= 4 is 11.8 Å². The van der Waals surface area contributed by atoms with Gasteiger partial charge in [0.25, 0.3) is 0 Å². The molecule has 23 heavy (non-hydrogen) atoms. The second-order valence-electron chi connectivity index (χ2n) is 7.16. The number of imide groups is 1. The van der Waals surface area contributed by atoms with E-state index in [9.17, 15) is 9.59 Å². The van der Waals surface area contributed by atoms with E-state index >= 15 is 0 Å². The van der Waals surface area contributed by atoms with Crippen LogP contribution in [0, 0.1) is 0 Å². The molecule has 0 radical (unpaired) electrons. The molecule has 0 unspecified atom stereocenters. The second kappa shape index (κ2) is 6.08. The molecule has 0 bridgehead atoms. The number of likely N-dealkylation sites (tertiary alicyclic amines) is 1. The summed E-state index contributed by atoms with van der Waals surface area (Å²) in [5.74, 6) is 0.0313. The molecule has 4 nitrogen and oxygen atoms in total. The van der Waals surface area contributed by atoms with Gasteiger partial charge in [-0.1, -0.05) is 31.2 Å². The Kier molecular flexibility index (Phi) is 4.28. The van der Waals surface area contributed by atoms with Gasteiger partial charge in [0, 0.05) is 13.0 Å². The van der Waals surface area contributed by atoms with Gasteiger partial charge < -0.3 is 4.90 Å². The number of fused-ring (bicyclic) bond motifs is 2. The number of benzene rings is 1. The number of rotatable bonds is 4. The van der Waals surface area contributed by atoms with E-state index in [4.69, 9.17) is 0 Å². The first-order valence-electron chi connectivity index (χ1n) is 8.59. The average molecular weight is 314 g/mol. The molecular weight excluding hydrogens is 288 g/mol. The Hall–Kier alpha value is -1.68. The van der Waals surface area contributed by atoms with Gasteiger partial charge in [-0.25, -0.2) is 0 Å². The van der Waals surface area contributed by atoms with E-state index < -0.39 is 5.41 Å². The average Bonchev–Trinajstić information content (AvgIpc) is 2.77. The third-order valence-corrected chi connectivity index (χ3v) is 5.34. The minimum absolute atomic E-state index is 0.000373. The van der Waals surface area contributed by atoms with Gasteiger partial charge in [-0.2, -0.15) is 0 Å². The van der Waals surface area contributed by atoms with Gasteiger partial charge in [0.1, 0.15) is 0 Å². The molecular formula is C19H26N2O2. The summed E-state index contributed by atoms with van der Waals surface area (Å²) in [4.78, 5) is 29.7. The van der Waals surface area contributed by atoms with Crippen LogP contribution in [0.2, 0.25) is 0 Å². The minimum atomic E-state index is -0.605. The first kappa shape index (κ1) is 16.2. The normalized spacial score (nSPS) is 25.3. The highest BCUT2D eigenvalue weighted by atomic mass is 16.2. The van der Waals surface area contributed by atoms with E-state index in [0.717, 1.165) is 37.8 Å². The highest BCUT2D eigenvalue weighted by molar-refractivity contribution is 6.09. The van der Waals surface area contributed by atoms with Crippen molar-refractivity contribution in [2.75, 3.05) is 20.6 Å². The van der Waals surface area contributed by atoms with Gasteiger partial charge in [0.15, 0.2) is 0 Å². The lowest BCUT2D eigenvalue weighted by Gasteiger charge is -2.35. The Morgan fingerprint density at radius 1 is 1.26 bits per heavy atom. The molecule has 1 saturated heterocycles. The van der Waals surface area contributed by atoms with Gasteiger partial charge in [-0.3, -0.25) is 14.5 Å². The predicted molar refractivity (Wildman–Crippen MR) is 90.2 cm³/mol. The highest BCUT2D eigenvalue weighted by Crippen LogP contribution is 2.46. The fraction of sp³-hybridized carbons (Fsp3) is 0.579. The van der Waals surface area contributed by atoms with Crippen molar-refractivity contribution in [1.29, 1.82) is 0 Å². The van der Waals surface area contributed by atoms with E-state index in [-0.39, 0.29) is 17.9 Å². The summed E-state index contributed by atoms with van der Waals surface area (Å²) in [6.07, 6.45) is 3.92. The highest BCUT2D eigenvalue weighted by Gasteiger charge is 2.55.